The summed E-state index contributed by atoms with van der Waals surface area (Å²) in [5.41, 5.74) is 0.438. The predicted octanol–water partition coefficient (Wildman–Crippen LogP) is 1.21. The number of ether oxygens (including phenoxy) is 1. The Kier molecular flexibility index (Phi) is 5.19. The Balaban J connectivity index is 1.60. The Morgan fingerprint density at radius 1 is 1.30 bits per heavy atom. The molecular formula is C19H24FN3O4. The van der Waals surface area contributed by atoms with E-state index in [4.69, 9.17) is 4.74 Å². The summed E-state index contributed by atoms with van der Waals surface area (Å²) >= 11 is 0. The fourth-order valence-electron chi connectivity index (χ4n) is 3.47. The van der Waals surface area contributed by atoms with Crippen molar-refractivity contribution in [3.63, 3.8) is 0 Å². The van der Waals surface area contributed by atoms with Crippen molar-refractivity contribution in [2.75, 3.05) is 25.1 Å². The SMILES string of the molecule is Cc1cc(NC(=O)[C@H]2CCN(C(=O)C(=O)NC3(C)COC3)[C@H]2C)ccc1F. The summed E-state index contributed by atoms with van der Waals surface area (Å²) in [6, 6.07) is 3.95. The van der Waals surface area contributed by atoms with E-state index in [0.29, 0.717) is 37.4 Å². The summed E-state index contributed by atoms with van der Waals surface area (Å²) in [7, 11) is 0. The van der Waals surface area contributed by atoms with E-state index in [9.17, 15) is 18.8 Å². The molecule has 7 nitrogen and oxygen atoms in total. The molecule has 3 amide bonds. The maximum absolute atomic E-state index is 13.4. The smallest absolute Gasteiger partial charge is 0.312 e. The second kappa shape index (κ2) is 7.26. The van der Waals surface area contributed by atoms with Crippen LogP contribution in [0.1, 0.15) is 25.8 Å². The molecule has 3 rings (SSSR count). The van der Waals surface area contributed by atoms with Crippen LogP contribution in [0.5, 0.6) is 0 Å². The fraction of sp³-hybridized carbons (Fsp3) is 0.526. The van der Waals surface area contributed by atoms with Crippen molar-refractivity contribution in [3.05, 3.63) is 29.6 Å². The van der Waals surface area contributed by atoms with Gasteiger partial charge in [-0.1, -0.05) is 0 Å². The van der Waals surface area contributed by atoms with Crippen LogP contribution in [0, 0.1) is 18.7 Å². The number of carbonyl (C=O) groups excluding carboxylic acids is 3. The lowest BCUT2D eigenvalue weighted by Gasteiger charge is -2.38. The minimum absolute atomic E-state index is 0.247. The van der Waals surface area contributed by atoms with E-state index in [1.807, 2.05) is 6.92 Å². The maximum atomic E-state index is 13.4. The second-order valence-corrected chi connectivity index (χ2v) is 7.60. The van der Waals surface area contributed by atoms with Gasteiger partial charge in [0, 0.05) is 18.3 Å². The molecule has 2 aliphatic rings. The van der Waals surface area contributed by atoms with E-state index >= 15 is 0 Å². The number of hydrogen-bond acceptors (Lipinski definition) is 4. The highest BCUT2D eigenvalue weighted by atomic mass is 19.1. The zero-order valence-electron chi connectivity index (χ0n) is 15.7. The van der Waals surface area contributed by atoms with Gasteiger partial charge in [-0.2, -0.15) is 0 Å². The zero-order chi connectivity index (χ0) is 19.8. The third-order valence-corrected chi connectivity index (χ3v) is 5.23. The first kappa shape index (κ1) is 19.3. The lowest BCUT2D eigenvalue weighted by Crippen LogP contribution is -2.62. The normalized spacial score (nSPS) is 23.5. The molecule has 0 bridgehead atoms. The average Bonchev–Trinajstić information content (AvgIpc) is 2.97. The van der Waals surface area contributed by atoms with Gasteiger partial charge in [-0.15, -0.1) is 0 Å². The number of anilines is 1. The number of carbonyl (C=O) groups is 3. The third kappa shape index (κ3) is 3.95. The summed E-state index contributed by atoms with van der Waals surface area (Å²) in [5.74, 6) is -2.33. The summed E-state index contributed by atoms with van der Waals surface area (Å²) in [6.07, 6.45) is 0.465. The van der Waals surface area contributed by atoms with Crippen molar-refractivity contribution in [2.24, 2.45) is 5.92 Å². The van der Waals surface area contributed by atoms with Gasteiger partial charge in [-0.25, -0.2) is 4.39 Å². The molecule has 27 heavy (non-hydrogen) atoms. The van der Waals surface area contributed by atoms with Gasteiger partial charge in [0.1, 0.15) is 5.82 Å². The molecule has 0 radical (unpaired) electrons. The second-order valence-electron chi connectivity index (χ2n) is 7.60. The highest BCUT2D eigenvalue weighted by Gasteiger charge is 2.42. The van der Waals surface area contributed by atoms with Crippen LogP contribution in [-0.4, -0.2) is 54.0 Å². The van der Waals surface area contributed by atoms with Gasteiger partial charge < -0.3 is 20.3 Å². The van der Waals surface area contributed by atoms with Crippen LogP contribution in [0.2, 0.25) is 0 Å². The van der Waals surface area contributed by atoms with E-state index in [1.165, 1.54) is 17.0 Å². The van der Waals surface area contributed by atoms with Gasteiger partial charge in [0.2, 0.25) is 5.91 Å². The fourth-order valence-corrected chi connectivity index (χ4v) is 3.47. The summed E-state index contributed by atoms with van der Waals surface area (Å²) in [5, 5.41) is 5.46. The van der Waals surface area contributed by atoms with Crippen LogP contribution in [0.4, 0.5) is 10.1 Å². The van der Waals surface area contributed by atoms with Crippen LogP contribution < -0.4 is 10.6 Å². The lowest BCUT2D eigenvalue weighted by molar-refractivity contribution is -0.151. The van der Waals surface area contributed by atoms with Crippen LogP contribution in [0.15, 0.2) is 18.2 Å². The van der Waals surface area contributed by atoms with E-state index in [0.717, 1.165) is 0 Å². The number of halogens is 1. The molecular weight excluding hydrogens is 353 g/mol. The van der Waals surface area contributed by atoms with E-state index in [2.05, 4.69) is 10.6 Å². The Labute approximate surface area is 157 Å². The standard InChI is InChI=1S/C19H24FN3O4/c1-11-8-13(4-5-15(11)20)21-16(24)14-6-7-23(12(14)2)18(26)17(25)22-19(3)9-27-10-19/h4-5,8,12,14H,6-7,9-10H2,1-3H3,(H,21,24)(H,22,25)/t12-,14-/m0/s1. The zero-order valence-corrected chi connectivity index (χ0v) is 15.7. The first-order chi connectivity index (χ1) is 12.7. The van der Waals surface area contributed by atoms with Crippen LogP contribution in [0.3, 0.4) is 0 Å². The Hall–Kier alpha value is -2.48. The molecule has 2 saturated heterocycles. The minimum Gasteiger partial charge on any atom is -0.376 e. The highest BCUT2D eigenvalue weighted by molar-refractivity contribution is 6.35. The third-order valence-electron chi connectivity index (χ3n) is 5.23. The van der Waals surface area contributed by atoms with Gasteiger partial charge in [0.25, 0.3) is 0 Å². The number of rotatable bonds is 3. The molecule has 0 unspecified atom stereocenters. The Morgan fingerprint density at radius 2 is 2.00 bits per heavy atom. The monoisotopic (exact) mass is 377 g/mol. The Morgan fingerprint density at radius 3 is 2.59 bits per heavy atom. The summed E-state index contributed by atoms with van der Waals surface area (Å²) in [6.45, 7) is 6.28. The first-order valence-electron chi connectivity index (χ1n) is 8.98. The van der Waals surface area contributed by atoms with E-state index in [-0.39, 0.29) is 11.7 Å². The highest BCUT2D eigenvalue weighted by Crippen LogP contribution is 2.26. The molecule has 0 aliphatic carbocycles. The molecule has 0 saturated carbocycles. The van der Waals surface area contributed by atoms with Gasteiger partial charge >= 0.3 is 11.8 Å². The molecule has 1 aromatic carbocycles. The van der Waals surface area contributed by atoms with Gasteiger partial charge in [-0.05, 0) is 51.0 Å². The van der Waals surface area contributed by atoms with Crippen molar-refractivity contribution >= 4 is 23.4 Å². The Bertz CT molecular complexity index is 778. The molecule has 2 atom stereocenters. The van der Waals surface area contributed by atoms with Crippen molar-refractivity contribution in [2.45, 2.75) is 38.8 Å². The summed E-state index contributed by atoms with van der Waals surface area (Å²) < 4.78 is 18.4. The molecule has 0 aromatic heterocycles. The van der Waals surface area contributed by atoms with Crippen molar-refractivity contribution in [1.82, 2.24) is 10.2 Å². The number of nitrogens with zero attached hydrogens (tertiary/aromatic N) is 1. The molecule has 2 aliphatic heterocycles. The van der Waals surface area contributed by atoms with Gasteiger partial charge in [0.15, 0.2) is 0 Å². The molecule has 8 heteroatoms. The van der Waals surface area contributed by atoms with Crippen molar-refractivity contribution in [3.8, 4) is 0 Å². The molecule has 2 fully saturated rings. The number of aryl methyl sites for hydroxylation is 1. The largest absolute Gasteiger partial charge is 0.376 e. The van der Waals surface area contributed by atoms with Crippen molar-refractivity contribution < 1.29 is 23.5 Å². The molecule has 1 aromatic rings. The molecule has 2 heterocycles. The number of benzene rings is 1. The predicted molar refractivity (Wildman–Crippen MR) is 96.4 cm³/mol. The van der Waals surface area contributed by atoms with Gasteiger partial charge in [-0.3, -0.25) is 14.4 Å². The van der Waals surface area contributed by atoms with Gasteiger partial charge in [0.05, 0.1) is 24.7 Å². The van der Waals surface area contributed by atoms with Crippen molar-refractivity contribution in [1.29, 1.82) is 0 Å². The quantitative estimate of drug-likeness (QED) is 0.776. The average molecular weight is 377 g/mol. The maximum Gasteiger partial charge on any atom is 0.312 e. The number of nitrogens with one attached hydrogen (secondary N) is 2. The molecule has 0 spiro atoms. The minimum atomic E-state index is -0.678. The number of likely N-dealkylation sites (tertiary alicyclic amines) is 1. The lowest BCUT2D eigenvalue weighted by atomic mass is 10.00. The number of hydrogen-bond donors (Lipinski definition) is 2. The first-order valence-corrected chi connectivity index (χ1v) is 8.98. The van der Waals surface area contributed by atoms with Crippen LogP contribution in [0.25, 0.3) is 0 Å². The van der Waals surface area contributed by atoms with Crippen LogP contribution >= 0.6 is 0 Å². The van der Waals surface area contributed by atoms with E-state index in [1.54, 1.807) is 19.9 Å². The van der Waals surface area contributed by atoms with E-state index < -0.39 is 29.3 Å². The van der Waals surface area contributed by atoms with Crippen LogP contribution in [-0.2, 0) is 19.1 Å². The molecule has 2 N–H and O–H groups in total. The molecule has 146 valence electrons. The topological polar surface area (TPSA) is 87.7 Å². The number of amides is 3. The summed E-state index contributed by atoms with van der Waals surface area (Å²) in [4.78, 5) is 38.7.